The third-order valence-electron chi connectivity index (χ3n) is 5.59. The fourth-order valence-electron chi connectivity index (χ4n) is 3.71. The number of rotatable bonds is 9. The molecule has 6 heteroatoms. The number of phenols is 3. The zero-order valence-corrected chi connectivity index (χ0v) is 19.4. The highest BCUT2D eigenvalue weighted by Crippen LogP contribution is 2.50. The minimum Gasteiger partial charge on any atom is -0.508 e. The lowest BCUT2D eigenvalue weighted by atomic mass is 9.96. The van der Waals surface area contributed by atoms with Gasteiger partial charge in [0.1, 0.15) is 18.1 Å². The van der Waals surface area contributed by atoms with E-state index < -0.39 is 0 Å². The first-order valence-corrected chi connectivity index (χ1v) is 10.8. The second-order valence-corrected chi connectivity index (χ2v) is 7.49. The van der Waals surface area contributed by atoms with Crippen LogP contribution in [-0.4, -0.2) is 36.1 Å². The van der Waals surface area contributed by atoms with E-state index in [2.05, 4.69) is 13.8 Å². The molecule has 174 valence electrons. The average molecular weight is 451 g/mol. The van der Waals surface area contributed by atoms with E-state index in [-0.39, 0.29) is 23.0 Å². The molecule has 0 aliphatic carbocycles. The summed E-state index contributed by atoms with van der Waals surface area (Å²) < 4.78 is 16.8. The lowest BCUT2D eigenvalue weighted by Crippen LogP contribution is -1.97. The van der Waals surface area contributed by atoms with Crippen molar-refractivity contribution in [1.29, 1.82) is 0 Å². The van der Waals surface area contributed by atoms with Crippen LogP contribution in [0.5, 0.6) is 34.5 Å². The van der Waals surface area contributed by atoms with Crippen LogP contribution >= 0.6 is 0 Å². The summed E-state index contributed by atoms with van der Waals surface area (Å²) in [4.78, 5) is 0. The van der Waals surface area contributed by atoms with Gasteiger partial charge in [0.15, 0.2) is 23.0 Å². The number of phenolic OH excluding ortho intramolecular Hbond substituents is 3. The molecule has 0 spiro atoms. The van der Waals surface area contributed by atoms with Crippen LogP contribution < -0.4 is 14.2 Å². The maximum absolute atomic E-state index is 11.1. The molecule has 3 aromatic rings. The Balaban J connectivity index is 2.01. The normalized spacial score (nSPS) is 10.5. The van der Waals surface area contributed by atoms with E-state index >= 15 is 0 Å². The zero-order valence-electron chi connectivity index (χ0n) is 19.4. The highest BCUT2D eigenvalue weighted by Gasteiger charge is 2.22. The molecule has 0 bridgehead atoms. The highest BCUT2D eigenvalue weighted by atomic mass is 16.5. The van der Waals surface area contributed by atoms with Gasteiger partial charge in [0.05, 0.1) is 19.8 Å². The third kappa shape index (κ3) is 5.17. The van der Waals surface area contributed by atoms with Crippen LogP contribution in [0.15, 0.2) is 60.2 Å². The van der Waals surface area contributed by atoms with Crippen LogP contribution in [0.2, 0.25) is 0 Å². The number of hydrogen-bond donors (Lipinski definition) is 3. The van der Waals surface area contributed by atoms with Gasteiger partial charge >= 0.3 is 0 Å². The summed E-state index contributed by atoms with van der Waals surface area (Å²) in [6, 6.07) is 13.2. The minimum atomic E-state index is -0.119. The quantitative estimate of drug-likeness (QED) is 0.333. The Hall–Kier alpha value is -3.80. The van der Waals surface area contributed by atoms with Gasteiger partial charge in [-0.1, -0.05) is 37.6 Å². The number of benzene rings is 3. The number of aromatic hydroxyl groups is 3. The third-order valence-corrected chi connectivity index (χ3v) is 5.59. The molecule has 0 aromatic heterocycles. The van der Waals surface area contributed by atoms with Crippen LogP contribution in [0.4, 0.5) is 0 Å². The highest BCUT2D eigenvalue weighted by molar-refractivity contribution is 5.88. The first-order valence-electron chi connectivity index (χ1n) is 10.8. The van der Waals surface area contributed by atoms with Crippen molar-refractivity contribution >= 4 is 0 Å². The summed E-state index contributed by atoms with van der Waals surface area (Å²) in [5.74, 6) is 0.994. The lowest BCUT2D eigenvalue weighted by Gasteiger charge is -2.18. The molecule has 3 rings (SSSR count). The summed E-state index contributed by atoms with van der Waals surface area (Å²) >= 11 is 0. The molecule has 0 aliphatic heterocycles. The van der Waals surface area contributed by atoms with Gasteiger partial charge in [0.2, 0.25) is 0 Å². The Labute approximate surface area is 194 Å². The maximum atomic E-state index is 11.1. The molecule has 33 heavy (non-hydrogen) atoms. The van der Waals surface area contributed by atoms with Gasteiger partial charge in [0.25, 0.3) is 0 Å². The zero-order chi connectivity index (χ0) is 24.0. The van der Waals surface area contributed by atoms with E-state index in [1.165, 1.54) is 25.9 Å². The number of methoxy groups -OCH3 is 2. The smallest absolute Gasteiger partial charge is 0.170 e. The molecule has 0 radical (unpaired) electrons. The van der Waals surface area contributed by atoms with E-state index in [4.69, 9.17) is 14.2 Å². The molecule has 0 saturated carbocycles. The van der Waals surface area contributed by atoms with Crippen LogP contribution in [0.3, 0.4) is 0 Å². The van der Waals surface area contributed by atoms with E-state index in [0.29, 0.717) is 34.8 Å². The van der Waals surface area contributed by atoms with Crippen LogP contribution in [-0.2, 0) is 0 Å². The fraction of sp³-hybridized carbons (Fsp3) is 0.259. The van der Waals surface area contributed by atoms with E-state index in [1.807, 2.05) is 6.08 Å². The number of ether oxygens (including phenoxy) is 3. The standard InChI is InChI=1S/C27H30O6/c1-5-17(6-2)13-14-33-23-12-9-19(15-22(23)29)25-24(31-3)16-21(27(32-4)26(25)30)18-7-10-20(28)11-8-18/h7-13,15-16,28-30H,5-6,14H2,1-4H3. The van der Waals surface area contributed by atoms with E-state index in [9.17, 15) is 15.3 Å². The van der Waals surface area contributed by atoms with Crippen LogP contribution in [0, 0.1) is 0 Å². The molecule has 0 aliphatic rings. The largest absolute Gasteiger partial charge is 0.508 e. The second-order valence-electron chi connectivity index (χ2n) is 7.49. The maximum Gasteiger partial charge on any atom is 0.170 e. The Kier molecular flexibility index (Phi) is 7.72. The van der Waals surface area contributed by atoms with Gasteiger partial charge in [-0.05, 0) is 60.4 Å². The summed E-state index contributed by atoms with van der Waals surface area (Å²) in [7, 11) is 2.98. The number of hydrogen-bond acceptors (Lipinski definition) is 6. The van der Waals surface area contributed by atoms with E-state index in [1.54, 1.807) is 42.5 Å². The van der Waals surface area contributed by atoms with Crippen molar-refractivity contribution in [3.8, 4) is 56.8 Å². The van der Waals surface area contributed by atoms with Crippen molar-refractivity contribution in [3.05, 3.63) is 60.2 Å². The predicted molar refractivity (Wildman–Crippen MR) is 130 cm³/mol. The fourth-order valence-corrected chi connectivity index (χ4v) is 3.71. The lowest BCUT2D eigenvalue weighted by molar-refractivity contribution is 0.335. The van der Waals surface area contributed by atoms with Crippen molar-refractivity contribution in [2.75, 3.05) is 20.8 Å². The molecule has 3 N–H and O–H groups in total. The number of allylic oxidation sites excluding steroid dienone is 1. The summed E-state index contributed by atoms with van der Waals surface area (Å²) in [5.41, 5.74) is 3.57. The molecule has 0 unspecified atom stereocenters. The van der Waals surface area contributed by atoms with Crippen molar-refractivity contribution < 1.29 is 29.5 Å². The molecule has 0 heterocycles. The predicted octanol–water partition coefficient (Wildman–Crippen LogP) is 6.28. The summed E-state index contributed by atoms with van der Waals surface area (Å²) in [6.45, 7) is 4.57. The SMILES string of the molecule is CCC(=CCOc1ccc(-c2c(OC)cc(-c3ccc(O)cc3)c(OC)c2O)cc1O)CC. The first-order chi connectivity index (χ1) is 15.9. The molecular formula is C27H30O6. The molecular weight excluding hydrogens is 420 g/mol. The van der Waals surface area contributed by atoms with Gasteiger partial charge in [-0.25, -0.2) is 0 Å². The molecule has 0 atom stereocenters. The first kappa shape index (κ1) is 23.9. The second kappa shape index (κ2) is 10.7. The molecule has 0 saturated heterocycles. The van der Waals surface area contributed by atoms with Crippen molar-refractivity contribution in [2.45, 2.75) is 26.7 Å². The minimum absolute atomic E-state index is 0.0431. The summed E-state index contributed by atoms with van der Waals surface area (Å²) in [6.07, 6.45) is 3.95. The van der Waals surface area contributed by atoms with Gasteiger partial charge in [-0.2, -0.15) is 0 Å². The van der Waals surface area contributed by atoms with Crippen molar-refractivity contribution in [1.82, 2.24) is 0 Å². The molecule has 0 amide bonds. The van der Waals surface area contributed by atoms with Crippen molar-refractivity contribution in [2.24, 2.45) is 0 Å². The average Bonchev–Trinajstić information content (AvgIpc) is 2.82. The van der Waals surface area contributed by atoms with Gasteiger partial charge in [0, 0.05) is 5.56 Å². The van der Waals surface area contributed by atoms with Crippen molar-refractivity contribution in [3.63, 3.8) is 0 Å². The van der Waals surface area contributed by atoms with Gasteiger partial charge < -0.3 is 29.5 Å². The monoisotopic (exact) mass is 450 g/mol. The van der Waals surface area contributed by atoms with Crippen LogP contribution in [0.1, 0.15) is 26.7 Å². The molecule has 3 aromatic carbocycles. The molecule has 6 nitrogen and oxygen atoms in total. The van der Waals surface area contributed by atoms with Gasteiger partial charge in [-0.3, -0.25) is 0 Å². The topological polar surface area (TPSA) is 88.4 Å². The Morgan fingerprint density at radius 1 is 0.818 bits per heavy atom. The Morgan fingerprint density at radius 3 is 2.06 bits per heavy atom. The molecule has 0 fully saturated rings. The Bertz CT molecular complexity index is 1130. The van der Waals surface area contributed by atoms with E-state index in [0.717, 1.165) is 18.4 Å². The van der Waals surface area contributed by atoms with Gasteiger partial charge in [-0.15, -0.1) is 0 Å². The van der Waals surface area contributed by atoms with Crippen LogP contribution in [0.25, 0.3) is 22.3 Å². The summed E-state index contributed by atoms with van der Waals surface area (Å²) in [5, 5.41) is 31.2. The Morgan fingerprint density at radius 2 is 1.48 bits per heavy atom.